The van der Waals surface area contributed by atoms with E-state index < -0.39 is 10.0 Å². The number of nitrogens with zero attached hydrogens (tertiary/aromatic N) is 2. The Hall–Kier alpha value is -1.42. The number of fused-ring (bicyclic) bond motifs is 1. The molecule has 0 spiro atoms. The molecule has 0 amide bonds. The summed E-state index contributed by atoms with van der Waals surface area (Å²) in [4.78, 5) is 0. The van der Waals surface area contributed by atoms with Crippen LogP contribution in [0.5, 0.6) is 0 Å². The van der Waals surface area contributed by atoms with Crippen molar-refractivity contribution in [2.24, 2.45) is 11.8 Å². The van der Waals surface area contributed by atoms with Gasteiger partial charge in [-0.3, -0.25) is 0 Å². The summed E-state index contributed by atoms with van der Waals surface area (Å²) < 4.78 is 26.6. The molecule has 1 aromatic rings. The lowest BCUT2D eigenvalue weighted by molar-refractivity contribution is 0.447. The number of rotatable bonds is 3. The second kappa shape index (κ2) is 5.17. The van der Waals surface area contributed by atoms with Gasteiger partial charge in [0.1, 0.15) is 0 Å². The number of hydrogen-bond donors (Lipinski definition) is 1. The molecule has 3 rings (SSSR count). The van der Waals surface area contributed by atoms with Crippen molar-refractivity contribution in [2.75, 3.05) is 26.2 Å². The van der Waals surface area contributed by atoms with Crippen LogP contribution in [-0.2, 0) is 15.8 Å². The van der Waals surface area contributed by atoms with Gasteiger partial charge in [0.25, 0.3) is 0 Å². The van der Waals surface area contributed by atoms with Gasteiger partial charge in [0, 0.05) is 13.1 Å². The molecule has 0 radical (unpaired) electrons. The van der Waals surface area contributed by atoms with E-state index in [4.69, 9.17) is 5.26 Å². The second-order valence-electron chi connectivity index (χ2n) is 5.52. The van der Waals surface area contributed by atoms with Crippen LogP contribution in [0.4, 0.5) is 0 Å². The number of sulfonamides is 1. The Morgan fingerprint density at radius 3 is 2.55 bits per heavy atom. The van der Waals surface area contributed by atoms with Crippen LogP contribution in [0.1, 0.15) is 11.1 Å². The van der Waals surface area contributed by atoms with E-state index in [1.165, 1.54) is 0 Å². The van der Waals surface area contributed by atoms with Crippen LogP contribution in [0.25, 0.3) is 0 Å². The molecule has 0 saturated carbocycles. The maximum atomic E-state index is 12.5. The number of hydrogen-bond acceptors (Lipinski definition) is 4. The molecule has 5 nitrogen and oxygen atoms in total. The van der Waals surface area contributed by atoms with Gasteiger partial charge in [-0.1, -0.05) is 18.2 Å². The third-order valence-corrected chi connectivity index (χ3v) is 5.99. The fraction of sp³-hybridized carbons (Fsp3) is 0.500. The number of nitriles is 1. The van der Waals surface area contributed by atoms with Crippen LogP contribution in [0.3, 0.4) is 0 Å². The van der Waals surface area contributed by atoms with E-state index in [1.54, 1.807) is 28.6 Å². The molecular formula is C14H17N3O2S. The van der Waals surface area contributed by atoms with Crippen molar-refractivity contribution in [2.45, 2.75) is 5.75 Å². The fourth-order valence-electron chi connectivity index (χ4n) is 3.08. The molecule has 0 aliphatic carbocycles. The highest BCUT2D eigenvalue weighted by Crippen LogP contribution is 2.29. The summed E-state index contributed by atoms with van der Waals surface area (Å²) in [5.41, 5.74) is 1.03. The first-order valence-corrected chi connectivity index (χ1v) is 8.37. The average molecular weight is 291 g/mol. The zero-order valence-corrected chi connectivity index (χ0v) is 11.9. The molecule has 106 valence electrons. The lowest BCUT2D eigenvalue weighted by Crippen LogP contribution is -2.33. The first-order chi connectivity index (χ1) is 9.60. The Bertz CT molecular complexity index is 639. The third-order valence-electron chi connectivity index (χ3n) is 4.23. The van der Waals surface area contributed by atoms with Crippen molar-refractivity contribution in [3.05, 3.63) is 35.4 Å². The van der Waals surface area contributed by atoms with E-state index in [-0.39, 0.29) is 5.75 Å². The van der Waals surface area contributed by atoms with Gasteiger partial charge in [-0.2, -0.15) is 5.26 Å². The lowest BCUT2D eigenvalue weighted by Gasteiger charge is -2.17. The summed E-state index contributed by atoms with van der Waals surface area (Å²) in [6.07, 6.45) is 0. The van der Waals surface area contributed by atoms with Gasteiger partial charge < -0.3 is 5.32 Å². The van der Waals surface area contributed by atoms with Crippen LogP contribution in [0.2, 0.25) is 0 Å². The minimum Gasteiger partial charge on any atom is -0.316 e. The zero-order valence-electron chi connectivity index (χ0n) is 11.1. The van der Waals surface area contributed by atoms with Crippen molar-refractivity contribution in [1.29, 1.82) is 5.26 Å². The Kier molecular flexibility index (Phi) is 3.50. The molecule has 20 heavy (non-hydrogen) atoms. The molecule has 2 aliphatic heterocycles. The predicted octanol–water partition coefficient (Wildman–Crippen LogP) is 0.539. The summed E-state index contributed by atoms with van der Waals surface area (Å²) in [5, 5.41) is 12.3. The molecule has 2 aliphatic rings. The topological polar surface area (TPSA) is 73.2 Å². The predicted molar refractivity (Wildman–Crippen MR) is 75.2 cm³/mol. The Labute approximate surface area is 119 Å². The molecule has 6 heteroatoms. The summed E-state index contributed by atoms with van der Waals surface area (Å²) in [6, 6.07) is 8.96. The highest BCUT2D eigenvalue weighted by Gasteiger charge is 2.40. The minimum atomic E-state index is -3.33. The van der Waals surface area contributed by atoms with E-state index in [0.29, 0.717) is 36.1 Å². The SMILES string of the molecule is N#Cc1ccccc1CS(=O)(=O)N1CC2CNCC2C1. The maximum Gasteiger partial charge on any atom is 0.218 e. The molecule has 0 aromatic heterocycles. The quantitative estimate of drug-likeness (QED) is 0.882. The van der Waals surface area contributed by atoms with Crippen LogP contribution < -0.4 is 5.32 Å². The van der Waals surface area contributed by atoms with Crippen molar-refractivity contribution in [3.8, 4) is 6.07 Å². The van der Waals surface area contributed by atoms with Gasteiger partial charge in [-0.05, 0) is 36.6 Å². The van der Waals surface area contributed by atoms with Crippen LogP contribution in [0.15, 0.2) is 24.3 Å². The molecule has 2 unspecified atom stereocenters. The largest absolute Gasteiger partial charge is 0.316 e. The Morgan fingerprint density at radius 2 is 1.90 bits per heavy atom. The Balaban J connectivity index is 1.78. The van der Waals surface area contributed by atoms with E-state index in [2.05, 4.69) is 11.4 Å². The molecule has 2 heterocycles. The molecule has 0 bridgehead atoms. The Morgan fingerprint density at radius 1 is 1.25 bits per heavy atom. The number of benzene rings is 1. The summed E-state index contributed by atoms with van der Waals surface area (Å²) >= 11 is 0. The van der Waals surface area contributed by atoms with E-state index in [9.17, 15) is 8.42 Å². The molecule has 2 atom stereocenters. The van der Waals surface area contributed by atoms with Crippen molar-refractivity contribution in [3.63, 3.8) is 0 Å². The van der Waals surface area contributed by atoms with E-state index in [0.717, 1.165) is 13.1 Å². The first-order valence-electron chi connectivity index (χ1n) is 6.76. The van der Waals surface area contributed by atoms with E-state index >= 15 is 0 Å². The normalized spacial score (nSPS) is 26.4. The first kappa shape index (κ1) is 13.6. The van der Waals surface area contributed by atoms with Gasteiger partial charge in [-0.15, -0.1) is 0 Å². The molecule has 1 N–H and O–H groups in total. The summed E-state index contributed by atoms with van der Waals surface area (Å²) in [7, 11) is -3.33. The standard InChI is InChI=1S/C14H17N3O2S/c15-5-11-3-1-2-4-12(11)10-20(18,19)17-8-13-6-16-7-14(13)9-17/h1-4,13-14,16H,6-10H2. The van der Waals surface area contributed by atoms with Gasteiger partial charge >= 0.3 is 0 Å². The number of nitrogens with one attached hydrogen (secondary N) is 1. The minimum absolute atomic E-state index is 0.0798. The maximum absolute atomic E-state index is 12.5. The van der Waals surface area contributed by atoms with Crippen LogP contribution in [0, 0.1) is 23.2 Å². The summed E-state index contributed by atoms with van der Waals surface area (Å²) in [6.45, 7) is 3.03. The van der Waals surface area contributed by atoms with Gasteiger partial charge in [0.15, 0.2) is 0 Å². The third kappa shape index (κ3) is 2.44. The highest BCUT2D eigenvalue weighted by molar-refractivity contribution is 7.88. The van der Waals surface area contributed by atoms with Gasteiger partial charge in [0.05, 0.1) is 17.4 Å². The van der Waals surface area contributed by atoms with E-state index in [1.807, 2.05) is 0 Å². The zero-order chi connectivity index (χ0) is 14.2. The van der Waals surface area contributed by atoms with Crippen molar-refractivity contribution >= 4 is 10.0 Å². The van der Waals surface area contributed by atoms with Gasteiger partial charge in [0.2, 0.25) is 10.0 Å². The summed E-state index contributed by atoms with van der Waals surface area (Å²) in [5.74, 6) is 0.802. The molecule has 2 saturated heterocycles. The van der Waals surface area contributed by atoms with Crippen molar-refractivity contribution < 1.29 is 8.42 Å². The van der Waals surface area contributed by atoms with Crippen molar-refractivity contribution in [1.82, 2.24) is 9.62 Å². The molecule has 2 fully saturated rings. The monoisotopic (exact) mass is 291 g/mol. The lowest BCUT2D eigenvalue weighted by atomic mass is 10.0. The average Bonchev–Trinajstić information content (AvgIpc) is 3.00. The molecule has 1 aromatic carbocycles. The smallest absolute Gasteiger partial charge is 0.218 e. The highest BCUT2D eigenvalue weighted by atomic mass is 32.2. The van der Waals surface area contributed by atoms with Crippen LogP contribution >= 0.6 is 0 Å². The van der Waals surface area contributed by atoms with Gasteiger partial charge in [-0.25, -0.2) is 12.7 Å². The fourth-order valence-corrected chi connectivity index (χ4v) is 4.75. The second-order valence-corrected chi connectivity index (χ2v) is 7.49. The van der Waals surface area contributed by atoms with Crippen LogP contribution in [-0.4, -0.2) is 38.9 Å². The molecular weight excluding hydrogens is 274 g/mol.